The molecule has 2 rings (SSSR count). The quantitative estimate of drug-likeness (QED) is 0.560. The molecule has 0 unspecified atom stereocenters. The minimum atomic E-state index is -0.671. The second-order valence-corrected chi connectivity index (χ2v) is 6.46. The number of primary amides is 1. The number of thiophene rings is 1. The molecular weight excluding hydrogens is 368 g/mol. The lowest BCUT2D eigenvalue weighted by Crippen LogP contribution is -2.13. The van der Waals surface area contributed by atoms with Gasteiger partial charge in [0.1, 0.15) is 10.8 Å². The number of nitrogens with one attached hydrogen (secondary N) is 1. The Hall–Kier alpha value is -3.13. The molecule has 1 heterocycles. The molecule has 2 aromatic rings. The van der Waals surface area contributed by atoms with Crippen LogP contribution < -0.4 is 15.8 Å². The maximum absolute atomic E-state index is 12.3. The number of rotatable bonds is 7. The van der Waals surface area contributed by atoms with E-state index in [1.54, 1.807) is 45.2 Å². The van der Waals surface area contributed by atoms with Gasteiger partial charge in [0.25, 0.3) is 5.91 Å². The summed E-state index contributed by atoms with van der Waals surface area (Å²) in [6.45, 7) is 3.43. The van der Waals surface area contributed by atoms with Crippen molar-refractivity contribution in [2.24, 2.45) is 5.73 Å². The van der Waals surface area contributed by atoms with Crippen LogP contribution in [0.1, 0.15) is 38.1 Å². The van der Waals surface area contributed by atoms with Gasteiger partial charge in [-0.25, -0.2) is 4.79 Å². The number of hydrogen-bond acceptors (Lipinski definition) is 6. The lowest BCUT2D eigenvalue weighted by Gasteiger charge is -2.05. The Balaban J connectivity index is 2.25. The van der Waals surface area contributed by atoms with Gasteiger partial charge in [0, 0.05) is 6.08 Å². The summed E-state index contributed by atoms with van der Waals surface area (Å²) >= 11 is 0.943. The van der Waals surface area contributed by atoms with Crippen LogP contribution in [0.2, 0.25) is 0 Å². The molecular formula is C19H20N2O5S. The molecule has 0 spiro atoms. The molecule has 142 valence electrons. The lowest BCUT2D eigenvalue weighted by molar-refractivity contribution is -0.111. The number of benzene rings is 1. The normalized spacial score (nSPS) is 10.6. The molecule has 0 aliphatic carbocycles. The highest BCUT2D eigenvalue weighted by molar-refractivity contribution is 7.18. The summed E-state index contributed by atoms with van der Waals surface area (Å²) in [6, 6.07) is 7.19. The van der Waals surface area contributed by atoms with Crippen molar-refractivity contribution in [2.45, 2.75) is 13.8 Å². The molecule has 8 heteroatoms. The van der Waals surface area contributed by atoms with Crippen molar-refractivity contribution in [3.63, 3.8) is 0 Å². The lowest BCUT2D eigenvalue weighted by atomic mass is 10.1. The number of carbonyl (C=O) groups excluding carboxylic acids is 3. The molecule has 7 nitrogen and oxygen atoms in total. The Morgan fingerprint density at radius 1 is 1.30 bits per heavy atom. The minimum Gasteiger partial charge on any atom is -0.497 e. The molecule has 0 saturated carbocycles. The number of ether oxygens (including phenoxy) is 2. The Morgan fingerprint density at radius 2 is 2.04 bits per heavy atom. The average molecular weight is 388 g/mol. The third-order valence-corrected chi connectivity index (χ3v) is 4.83. The molecule has 27 heavy (non-hydrogen) atoms. The molecule has 0 bridgehead atoms. The zero-order valence-corrected chi connectivity index (χ0v) is 16.0. The summed E-state index contributed by atoms with van der Waals surface area (Å²) in [6.07, 6.45) is 2.93. The van der Waals surface area contributed by atoms with Gasteiger partial charge >= 0.3 is 5.97 Å². The van der Waals surface area contributed by atoms with E-state index in [2.05, 4.69) is 5.32 Å². The molecule has 1 aromatic carbocycles. The highest BCUT2D eigenvalue weighted by Gasteiger charge is 2.25. The third kappa shape index (κ3) is 4.95. The summed E-state index contributed by atoms with van der Waals surface area (Å²) in [5, 5.41) is 2.84. The summed E-state index contributed by atoms with van der Waals surface area (Å²) in [5.41, 5.74) is 6.64. The van der Waals surface area contributed by atoms with Gasteiger partial charge < -0.3 is 20.5 Å². The van der Waals surface area contributed by atoms with E-state index in [1.165, 1.54) is 6.08 Å². The zero-order chi connectivity index (χ0) is 20.0. The Labute approximate surface area is 160 Å². The second kappa shape index (κ2) is 9.00. The van der Waals surface area contributed by atoms with E-state index >= 15 is 0 Å². The standard InChI is InChI=1S/C19H20N2O5S/c1-4-26-19(24)15-11(2)16(17(20)23)27-18(15)21-14(22)9-8-12-6-5-7-13(10-12)25-3/h5-10H,4H2,1-3H3,(H2,20,23)(H,21,22)/b9-8+. The van der Waals surface area contributed by atoms with E-state index in [0.29, 0.717) is 11.3 Å². The summed E-state index contributed by atoms with van der Waals surface area (Å²) < 4.78 is 10.1. The van der Waals surface area contributed by atoms with Gasteiger partial charge in [0.15, 0.2) is 0 Å². The van der Waals surface area contributed by atoms with Crippen LogP contribution in [-0.4, -0.2) is 31.5 Å². The fraction of sp³-hybridized carbons (Fsp3) is 0.211. The molecule has 3 N–H and O–H groups in total. The Bertz CT molecular complexity index is 902. The maximum Gasteiger partial charge on any atom is 0.341 e. The van der Waals surface area contributed by atoms with Crippen molar-refractivity contribution < 1.29 is 23.9 Å². The second-order valence-electron chi connectivity index (χ2n) is 5.44. The number of carbonyl (C=O) groups is 3. The first kappa shape index (κ1) is 20.2. The van der Waals surface area contributed by atoms with Crippen LogP contribution in [-0.2, 0) is 9.53 Å². The SMILES string of the molecule is CCOC(=O)c1c(NC(=O)/C=C/c2cccc(OC)c2)sc(C(N)=O)c1C. The van der Waals surface area contributed by atoms with Crippen LogP contribution in [0.5, 0.6) is 5.75 Å². The van der Waals surface area contributed by atoms with Gasteiger partial charge in [-0.2, -0.15) is 0 Å². The van der Waals surface area contributed by atoms with Crippen molar-refractivity contribution in [1.82, 2.24) is 0 Å². The fourth-order valence-corrected chi connectivity index (χ4v) is 3.41. The first-order valence-corrected chi connectivity index (χ1v) is 8.92. The van der Waals surface area contributed by atoms with Crippen molar-refractivity contribution in [2.75, 3.05) is 19.0 Å². The van der Waals surface area contributed by atoms with Crippen LogP contribution in [0.15, 0.2) is 30.3 Å². The first-order valence-electron chi connectivity index (χ1n) is 8.10. The average Bonchev–Trinajstić information content (AvgIpc) is 2.96. The van der Waals surface area contributed by atoms with Crippen LogP contribution in [0.4, 0.5) is 5.00 Å². The minimum absolute atomic E-state index is 0.138. The molecule has 0 aliphatic heterocycles. The van der Waals surface area contributed by atoms with E-state index in [1.807, 2.05) is 6.07 Å². The largest absolute Gasteiger partial charge is 0.497 e. The van der Waals surface area contributed by atoms with Gasteiger partial charge in [-0.05, 0) is 43.2 Å². The summed E-state index contributed by atoms with van der Waals surface area (Å²) in [4.78, 5) is 36.2. The van der Waals surface area contributed by atoms with E-state index in [4.69, 9.17) is 15.2 Å². The molecule has 0 radical (unpaired) electrons. The number of hydrogen-bond donors (Lipinski definition) is 2. The van der Waals surface area contributed by atoms with Crippen LogP contribution in [0, 0.1) is 6.92 Å². The molecule has 0 aliphatic rings. The summed E-state index contributed by atoms with van der Waals surface area (Å²) in [7, 11) is 1.56. The summed E-state index contributed by atoms with van der Waals surface area (Å²) in [5.74, 6) is -1.08. The van der Waals surface area contributed by atoms with E-state index in [9.17, 15) is 14.4 Å². The van der Waals surface area contributed by atoms with E-state index in [-0.39, 0.29) is 22.0 Å². The monoisotopic (exact) mass is 388 g/mol. The topological polar surface area (TPSA) is 108 Å². The van der Waals surface area contributed by atoms with E-state index < -0.39 is 17.8 Å². The van der Waals surface area contributed by atoms with Gasteiger partial charge in [0.2, 0.25) is 5.91 Å². The molecule has 0 fully saturated rings. The van der Waals surface area contributed by atoms with Crippen LogP contribution in [0.3, 0.4) is 0 Å². The highest BCUT2D eigenvalue weighted by atomic mass is 32.1. The number of methoxy groups -OCH3 is 1. The Kier molecular flexibility index (Phi) is 6.73. The number of amides is 2. The molecule has 0 saturated heterocycles. The first-order chi connectivity index (χ1) is 12.9. The maximum atomic E-state index is 12.3. The van der Waals surface area contributed by atoms with Gasteiger partial charge in [0.05, 0.1) is 24.2 Å². The number of nitrogens with two attached hydrogens (primary N) is 1. The molecule has 2 amide bonds. The highest BCUT2D eigenvalue weighted by Crippen LogP contribution is 2.33. The van der Waals surface area contributed by atoms with Crippen molar-refractivity contribution in [3.05, 3.63) is 51.9 Å². The number of anilines is 1. The van der Waals surface area contributed by atoms with E-state index in [0.717, 1.165) is 16.9 Å². The van der Waals surface area contributed by atoms with Gasteiger partial charge in [-0.1, -0.05) is 12.1 Å². The van der Waals surface area contributed by atoms with Crippen LogP contribution >= 0.6 is 11.3 Å². The van der Waals surface area contributed by atoms with Gasteiger partial charge in [-0.3, -0.25) is 9.59 Å². The predicted octanol–water partition coefficient (Wildman–Crippen LogP) is 2.99. The zero-order valence-electron chi connectivity index (χ0n) is 15.2. The van der Waals surface area contributed by atoms with Crippen molar-refractivity contribution in [3.8, 4) is 5.75 Å². The smallest absolute Gasteiger partial charge is 0.341 e. The van der Waals surface area contributed by atoms with Crippen molar-refractivity contribution in [1.29, 1.82) is 0 Å². The Morgan fingerprint density at radius 3 is 2.67 bits per heavy atom. The molecule has 1 aromatic heterocycles. The third-order valence-electron chi connectivity index (χ3n) is 3.61. The predicted molar refractivity (Wildman–Crippen MR) is 104 cm³/mol. The van der Waals surface area contributed by atoms with Crippen molar-refractivity contribution >= 4 is 40.2 Å². The van der Waals surface area contributed by atoms with Gasteiger partial charge in [-0.15, -0.1) is 11.3 Å². The number of esters is 1. The molecule has 0 atom stereocenters. The van der Waals surface area contributed by atoms with Crippen LogP contribution in [0.25, 0.3) is 6.08 Å². The fourth-order valence-electron chi connectivity index (χ4n) is 2.36.